The Morgan fingerprint density at radius 3 is 2.54 bits per heavy atom. The van der Waals surface area contributed by atoms with Crippen LogP contribution in [0.25, 0.3) is 11.6 Å². The highest BCUT2D eigenvalue weighted by molar-refractivity contribution is 6.30. The fourth-order valence-corrected chi connectivity index (χ4v) is 2.60. The first-order chi connectivity index (χ1) is 13.6. The summed E-state index contributed by atoms with van der Waals surface area (Å²) in [7, 11) is 1.48. The Morgan fingerprint density at radius 1 is 1.11 bits per heavy atom. The number of carbonyl (C=O) groups excluding carboxylic acids is 1. The van der Waals surface area contributed by atoms with E-state index in [0.717, 1.165) is 11.1 Å². The molecule has 1 aromatic heterocycles. The van der Waals surface area contributed by atoms with Crippen LogP contribution in [-0.2, 0) is 0 Å². The number of hydrogen-bond acceptors (Lipinski definition) is 5. The van der Waals surface area contributed by atoms with Gasteiger partial charge in [0.1, 0.15) is 0 Å². The van der Waals surface area contributed by atoms with Crippen LogP contribution in [0.5, 0.6) is 11.5 Å². The second-order valence-corrected chi connectivity index (χ2v) is 6.15. The zero-order chi connectivity index (χ0) is 19.9. The summed E-state index contributed by atoms with van der Waals surface area (Å²) in [6.45, 7) is 0. The maximum atomic E-state index is 12.2. The van der Waals surface area contributed by atoms with Gasteiger partial charge < -0.3 is 9.47 Å². The van der Waals surface area contributed by atoms with Gasteiger partial charge in [0.2, 0.25) is 0 Å². The molecule has 0 aliphatic carbocycles. The normalized spacial score (nSPS) is 10.8. The topological polar surface area (TPSA) is 72.2 Å². The number of methoxy groups -OCH3 is 1. The number of aromatic nitrogens is 1. The van der Waals surface area contributed by atoms with Crippen LogP contribution in [0.15, 0.2) is 67.0 Å². The molecule has 0 N–H and O–H groups in total. The molecule has 28 heavy (non-hydrogen) atoms. The van der Waals surface area contributed by atoms with Crippen LogP contribution >= 0.6 is 11.6 Å². The highest BCUT2D eigenvalue weighted by Gasteiger charge is 2.13. The first kappa shape index (κ1) is 19.2. The summed E-state index contributed by atoms with van der Waals surface area (Å²) >= 11 is 5.90. The molecular weight excluding hydrogens is 376 g/mol. The van der Waals surface area contributed by atoms with Crippen LogP contribution in [0.2, 0.25) is 5.02 Å². The first-order valence-electron chi connectivity index (χ1n) is 8.28. The van der Waals surface area contributed by atoms with Crippen molar-refractivity contribution in [1.29, 1.82) is 5.26 Å². The maximum absolute atomic E-state index is 12.2. The minimum absolute atomic E-state index is 0.276. The Morgan fingerprint density at radius 2 is 1.89 bits per heavy atom. The van der Waals surface area contributed by atoms with E-state index in [1.54, 1.807) is 66.9 Å². The number of hydrogen-bond donors (Lipinski definition) is 0. The van der Waals surface area contributed by atoms with Gasteiger partial charge in [0.05, 0.1) is 24.3 Å². The minimum Gasteiger partial charge on any atom is -0.493 e. The van der Waals surface area contributed by atoms with Gasteiger partial charge in [-0.05, 0) is 53.6 Å². The van der Waals surface area contributed by atoms with Crippen LogP contribution in [0.4, 0.5) is 0 Å². The molecule has 0 saturated carbocycles. The summed E-state index contributed by atoms with van der Waals surface area (Å²) in [4.78, 5) is 16.1. The van der Waals surface area contributed by atoms with Crippen molar-refractivity contribution in [2.24, 2.45) is 0 Å². The zero-order valence-corrected chi connectivity index (χ0v) is 15.7. The third-order valence-corrected chi connectivity index (χ3v) is 4.13. The van der Waals surface area contributed by atoms with E-state index in [1.807, 2.05) is 0 Å². The first-order valence-corrected chi connectivity index (χ1v) is 8.66. The second-order valence-electron chi connectivity index (χ2n) is 5.72. The quantitative estimate of drug-likeness (QED) is 0.264. The minimum atomic E-state index is -0.534. The SMILES string of the molecule is COc1cc(/C=C(/C#N)c2ccc(Cl)cc2)ccc1OC(=O)c1cccnc1. The van der Waals surface area contributed by atoms with E-state index in [-0.39, 0.29) is 5.75 Å². The number of pyridine rings is 1. The highest BCUT2D eigenvalue weighted by atomic mass is 35.5. The lowest BCUT2D eigenvalue weighted by atomic mass is 10.0. The predicted molar refractivity (Wildman–Crippen MR) is 107 cm³/mol. The zero-order valence-electron chi connectivity index (χ0n) is 14.9. The van der Waals surface area contributed by atoms with E-state index in [2.05, 4.69) is 11.1 Å². The van der Waals surface area contributed by atoms with Crippen LogP contribution in [-0.4, -0.2) is 18.1 Å². The molecule has 0 saturated heterocycles. The molecule has 0 amide bonds. The third kappa shape index (κ3) is 4.56. The fraction of sp³-hybridized carbons (Fsp3) is 0.0455. The molecule has 2 aromatic carbocycles. The molecular formula is C22H15ClN2O3. The van der Waals surface area contributed by atoms with Gasteiger partial charge in [0, 0.05) is 17.4 Å². The monoisotopic (exact) mass is 390 g/mol. The van der Waals surface area contributed by atoms with E-state index in [1.165, 1.54) is 13.3 Å². The van der Waals surface area contributed by atoms with E-state index in [0.29, 0.717) is 21.9 Å². The van der Waals surface area contributed by atoms with E-state index < -0.39 is 5.97 Å². The van der Waals surface area contributed by atoms with Gasteiger partial charge in [0.25, 0.3) is 0 Å². The summed E-state index contributed by atoms with van der Waals surface area (Å²) < 4.78 is 10.7. The number of nitriles is 1. The summed E-state index contributed by atoms with van der Waals surface area (Å²) in [5, 5.41) is 10.1. The summed E-state index contributed by atoms with van der Waals surface area (Å²) in [5.74, 6) is 0.117. The molecule has 0 fully saturated rings. The molecule has 5 nitrogen and oxygen atoms in total. The van der Waals surface area contributed by atoms with Gasteiger partial charge in [-0.15, -0.1) is 0 Å². The molecule has 0 atom stereocenters. The standard InChI is InChI=1S/C22H15ClN2O3/c1-27-21-12-15(11-18(13-24)16-5-7-19(23)8-6-16)4-9-20(21)28-22(26)17-3-2-10-25-14-17/h2-12,14H,1H3/b18-11-. The molecule has 6 heteroatoms. The van der Waals surface area contributed by atoms with Gasteiger partial charge in [-0.1, -0.05) is 29.8 Å². The number of rotatable bonds is 5. The molecule has 138 valence electrons. The molecule has 0 aliphatic rings. The number of benzene rings is 2. The summed E-state index contributed by atoms with van der Waals surface area (Å²) in [6.07, 6.45) is 4.72. The van der Waals surface area contributed by atoms with Crippen molar-refractivity contribution in [3.8, 4) is 17.6 Å². The highest BCUT2D eigenvalue weighted by Crippen LogP contribution is 2.30. The summed E-state index contributed by atoms with van der Waals surface area (Å²) in [5.41, 5.74) is 2.28. The average molecular weight is 391 g/mol. The maximum Gasteiger partial charge on any atom is 0.345 e. The van der Waals surface area contributed by atoms with Crippen molar-refractivity contribution in [2.75, 3.05) is 7.11 Å². The van der Waals surface area contributed by atoms with E-state index >= 15 is 0 Å². The Kier molecular flexibility index (Phi) is 6.05. The summed E-state index contributed by atoms with van der Waals surface area (Å²) in [6, 6.07) is 17.5. The van der Waals surface area contributed by atoms with Crippen LogP contribution in [0.1, 0.15) is 21.5 Å². The molecule has 0 bridgehead atoms. The van der Waals surface area contributed by atoms with Crippen molar-refractivity contribution >= 4 is 29.2 Å². The van der Waals surface area contributed by atoms with Crippen LogP contribution in [0, 0.1) is 11.3 Å². The van der Waals surface area contributed by atoms with Gasteiger partial charge in [0.15, 0.2) is 11.5 Å². The average Bonchev–Trinajstić information content (AvgIpc) is 2.74. The van der Waals surface area contributed by atoms with Gasteiger partial charge >= 0.3 is 5.97 Å². The van der Waals surface area contributed by atoms with Crippen LogP contribution in [0.3, 0.4) is 0 Å². The molecule has 1 heterocycles. The van der Waals surface area contributed by atoms with Gasteiger partial charge in [-0.2, -0.15) is 5.26 Å². The number of carbonyl (C=O) groups is 1. The number of halogens is 1. The molecule has 0 aliphatic heterocycles. The largest absolute Gasteiger partial charge is 0.493 e. The Labute approximate surface area is 167 Å². The lowest BCUT2D eigenvalue weighted by Gasteiger charge is -2.10. The third-order valence-electron chi connectivity index (χ3n) is 3.87. The van der Waals surface area contributed by atoms with Crippen molar-refractivity contribution in [3.05, 3.63) is 88.7 Å². The lowest BCUT2D eigenvalue weighted by Crippen LogP contribution is -2.09. The fourth-order valence-electron chi connectivity index (χ4n) is 2.48. The molecule has 0 unspecified atom stereocenters. The van der Waals surface area contributed by atoms with E-state index in [9.17, 15) is 10.1 Å². The lowest BCUT2D eigenvalue weighted by molar-refractivity contribution is 0.0729. The Bertz CT molecular complexity index is 1060. The number of esters is 1. The molecule has 0 spiro atoms. The van der Waals surface area contributed by atoms with E-state index in [4.69, 9.17) is 21.1 Å². The van der Waals surface area contributed by atoms with Crippen molar-refractivity contribution in [3.63, 3.8) is 0 Å². The molecule has 3 aromatic rings. The van der Waals surface area contributed by atoms with Crippen molar-refractivity contribution in [2.45, 2.75) is 0 Å². The number of ether oxygens (including phenoxy) is 2. The van der Waals surface area contributed by atoms with Crippen LogP contribution < -0.4 is 9.47 Å². The van der Waals surface area contributed by atoms with Crippen molar-refractivity contribution < 1.29 is 14.3 Å². The van der Waals surface area contributed by atoms with Crippen molar-refractivity contribution in [1.82, 2.24) is 4.98 Å². The smallest absolute Gasteiger partial charge is 0.345 e. The predicted octanol–water partition coefficient (Wildman–Crippen LogP) is 5.03. The Hall–Kier alpha value is -3.62. The number of nitrogens with zero attached hydrogens (tertiary/aromatic N) is 2. The van der Waals surface area contributed by atoms with Gasteiger partial charge in [-0.25, -0.2) is 4.79 Å². The molecule has 3 rings (SSSR count). The number of allylic oxidation sites excluding steroid dienone is 1. The molecule has 0 radical (unpaired) electrons. The Balaban J connectivity index is 1.87. The second kappa shape index (κ2) is 8.85. The van der Waals surface area contributed by atoms with Gasteiger partial charge in [-0.3, -0.25) is 4.98 Å².